The highest BCUT2D eigenvalue weighted by molar-refractivity contribution is 5.52. The lowest BCUT2D eigenvalue weighted by atomic mass is 9.44. The van der Waals surface area contributed by atoms with Crippen LogP contribution in [0.25, 0.3) is 0 Å². The fourth-order valence-corrected chi connectivity index (χ4v) is 6.41. The number of hydrogen-bond acceptors (Lipinski definition) is 1. The van der Waals surface area contributed by atoms with Gasteiger partial charge in [-0.15, -0.1) is 0 Å². The van der Waals surface area contributed by atoms with Gasteiger partial charge in [-0.2, -0.15) is 0 Å². The predicted molar refractivity (Wildman–Crippen MR) is 104 cm³/mol. The van der Waals surface area contributed by atoms with Crippen molar-refractivity contribution in [2.24, 2.45) is 28.9 Å². The Hall–Kier alpha value is -1.15. The van der Waals surface area contributed by atoms with Gasteiger partial charge in [0.05, 0.1) is 0 Å². The number of halogens is 1. The third kappa shape index (κ3) is 2.29. The van der Waals surface area contributed by atoms with Crippen molar-refractivity contribution in [1.82, 2.24) is 0 Å². The van der Waals surface area contributed by atoms with Gasteiger partial charge in [-0.25, -0.2) is 4.39 Å². The maximum Gasteiger partial charge on any atom is 0.126 e. The molecule has 1 aromatic rings. The molecule has 1 unspecified atom stereocenters. The van der Waals surface area contributed by atoms with Crippen LogP contribution in [0.4, 0.5) is 4.39 Å². The van der Waals surface area contributed by atoms with Gasteiger partial charge in [0, 0.05) is 5.41 Å². The molecule has 4 rings (SSSR count). The molecule has 1 nitrogen and oxygen atoms in total. The first-order chi connectivity index (χ1) is 12.0. The fourth-order valence-electron chi connectivity index (χ4n) is 6.41. The van der Waals surface area contributed by atoms with Gasteiger partial charge in [0.15, 0.2) is 0 Å². The second-order valence-corrected chi connectivity index (χ2v) is 8.49. The summed E-state index contributed by atoms with van der Waals surface area (Å²) < 4.78 is 14.7. The largest absolute Gasteiger partial charge is 0.333 e. The van der Waals surface area contributed by atoms with Gasteiger partial charge in [0.25, 0.3) is 0 Å². The molecule has 0 radical (unpaired) electrons. The molecule has 5 atom stereocenters. The van der Waals surface area contributed by atoms with E-state index in [-0.39, 0.29) is 16.6 Å². The molecule has 1 aromatic carbocycles. The van der Waals surface area contributed by atoms with E-state index in [9.17, 15) is 4.39 Å². The van der Waals surface area contributed by atoms with Crippen LogP contribution in [-0.4, -0.2) is 7.05 Å². The summed E-state index contributed by atoms with van der Waals surface area (Å²) in [6, 6.07) is 3.78. The topological polar surface area (TPSA) is 26.0 Å². The van der Waals surface area contributed by atoms with Crippen LogP contribution < -0.4 is 5.73 Å². The van der Waals surface area contributed by atoms with Gasteiger partial charge in [0.2, 0.25) is 0 Å². The van der Waals surface area contributed by atoms with Gasteiger partial charge >= 0.3 is 0 Å². The fraction of sp³-hybridized carbons (Fsp3) is 0.652. The Kier molecular flexibility index (Phi) is 4.87. The van der Waals surface area contributed by atoms with Crippen LogP contribution in [0.1, 0.15) is 63.6 Å². The summed E-state index contributed by atoms with van der Waals surface area (Å²) in [5, 5.41) is 0. The summed E-state index contributed by atoms with van der Waals surface area (Å²) in [7, 11) is 1.50. The normalized spacial score (nSPS) is 38.3. The highest BCUT2D eigenvalue weighted by Crippen LogP contribution is 2.67. The number of hydrogen-bond donors (Lipinski definition) is 1. The van der Waals surface area contributed by atoms with Crippen molar-refractivity contribution in [3.63, 3.8) is 0 Å². The SMILES string of the molecule is CCc1ccc(F)c2c1[C@]13CCC[C@H](C)[C@]1(C)C=CC(C)[C@@H]3C2.CN. The molecule has 1 saturated carbocycles. The second kappa shape index (κ2) is 6.54. The molecule has 1 spiro atoms. The average molecular weight is 344 g/mol. The lowest BCUT2D eigenvalue weighted by Crippen LogP contribution is -2.55. The van der Waals surface area contributed by atoms with E-state index in [2.05, 4.69) is 51.6 Å². The number of benzene rings is 1. The molecule has 3 aliphatic rings. The van der Waals surface area contributed by atoms with Crippen molar-refractivity contribution in [2.75, 3.05) is 7.05 Å². The molecule has 0 amide bonds. The van der Waals surface area contributed by atoms with Crippen molar-refractivity contribution in [3.8, 4) is 0 Å². The molecular formula is C23H34FN. The van der Waals surface area contributed by atoms with E-state index in [1.807, 2.05) is 0 Å². The van der Waals surface area contributed by atoms with Gasteiger partial charge in [0.1, 0.15) is 5.82 Å². The van der Waals surface area contributed by atoms with Crippen molar-refractivity contribution in [1.29, 1.82) is 0 Å². The first kappa shape index (κ1) is 18.6. The molecule has 2 heteroatoms. The molecule has 0 aliphatic heterocycles. The van der Waals surface area contributed by atoms with Crippen molar-refractivity contribution in [2.45, 2.75) is 65.2 Å². The zero-order valence-electron chi connectivity index (χ0n) is 16.5. The highest BCUT2D eigenvalue weighted by atomic mass is 19.1. The van der Waals surface area contributed by atoms with Gasteiger partial charge in [-0.05, 0) is 78.7 Å². The Morgan fingerprint density at radius 1 is 1.24 bits per heavy atom. The van der Waals surface area contributed by atoms with Gasteiger partial charge < -0.3 is 5.73 Å². The Balaban J connectivity index is 0.000000880. The van der Waals surface area contributed by atoms with Crippen LogP contribution in [0, 0.1) is 29.0 Å². The smallest absolute Gasteiger partial charge is 0.126 e. The lowest BCUT2D eigenvalue weighted by Gasteiger charge is -2.59. The van der Waals surface area contributed by atoms with E-state index >= 15 is 0 Å². The minimum Gasteiger partial charge on any atom is -0.333 e. The van der Waals surface area contributed by atoms with Crippen LogP contribution in [0.3, 0.4) is 0 Å². The molecule has 0 heterocycles. The minimum absolute atomic E-state index is 0.0359. The molecule has 0 saturated heterocycles. The number of rotatable bonds is 1. The van der Waals surface area contributed by atoms with Crippen molar-refractivity contribution in [3.05, 3.63) is 46.8 Å². The molecule has 2 N–H and O–H groups in total. The number of aryl methyl sites for hydroxylation is 1. The monoisotopic (exact) mass is 343 g/mol. The summed E-state index contributed by atoms with van der Waals surface area (Å²) in [5.74, 6) is 1.82. The summed E-state index contributed by atoms with van der Waals surface area (Å²) in [6.07, 6.45) is 10.7. The van der Waals surface area contributed by atoms with Crippen molar-refractivity contribution >= 4 is 0 Å². The zero-order valence-corrected chi connectivity index (χ0v) is 16.5. The van der Waals surface area contributed by atoms with E-state index in [4.69, 9.17) is 0 Å². The Morgan fingerprint density at radius 3 is 2.64 bits per heavy atom. The average Bonchev–Trinajstić information content (AvgIpc) is 2.98. The van der Waals surface area contributed by atoms with E-state index in [1.54, 1.807) is 6.07 Å². The maximum absolute atomic E-state index is 14.7. The molecule has 3 aliphatic carbocycles. The molecular weight excluding hydrogens is 309 g/mol. The van der Waals surface area contributed by atoms with E-state index in [1.165, 1.54) is 37.4 Å². The van der Waals surface area contributed by atoms with Crippen LogP contribution in [0.15, 0.2) is 24.3 Å². The second-order valence-electron chi connectivity index (χ2n) is 8.49. The minimum atomic E-state index is 0.0359. The summed E-state index contributed by atoms with van der Waals surface area (Å²) in [6.45, 7) is 9.45. The molecule has 0 aromatic heterocycles. The maximum atomic E-state index is 14.7. The summed E-state index contributed by atoms with van der Waals surface area (Å²) >= 11 is 0. The van der Waals surface area contributed by atoms with E-state index in [0.717, 1.165) is 18.4 Å². The van der Waals surface area contributed by atoms with Crippen molar-refractivity contribution < 1.29 is 4.39 Å². The third-order valence-electron chi connectivity index (χ3n) is 7.80. The first-order valence-corrected chi connectivity index (χ1v) is 10.0. The van der Waals surface area contributed by atoms with Crippen LogP contribution >= 0.6 is 0 Å². The highest BCUT2D eigenvalue weighted by Gasteiger charge is 2.62. The van der Waals surface area contributed by atoms with Crippen LogP contribution in [0.5, 0.6) is 0 Å². The van der Waals surface area contributed by atoms with Crippen LogP contribution in [-0.2, 0) is 18.3 Å². The van der Waals surface area contributed by atoms with Gasteiger partial charge in [-0.1, -0.05) is 52.3 Å². The summed E-state index contributed by atoms with van der Waals surface area (Å²) in [5.41, 5.74) is 8.68. The Labute approximate surface area is 152 Å². The van der Waals surface area contributed by atoms with E-state index in [0.29, 0.717) is 17.8 Å². The molecule has 138 valence electrons. The Morgan fingerprint density at radius 2 is 1.96 bits per heavy atom. The number of nitrogens with two attached hydrogens (primary N) is 1. The Bertz CT molecular complexity index is 679. The van der Waals surface area contributed by atoms with E-state index < -0.39 is 0 Å². The number of fused-ring (bicyclic) bond motifs is 1. The number of allylic oxidation sites excluding steroid dienone is 2. The third-order valence-corrected chi connectivity index (χ3v) is 7.80. The molecule has 0 bridgehead atoms. The predicted octanol–water partition coefficient (Wildman–Crippen LogP) is 5.41. The molecule has 1 fully saturated rings. The first-order valence-electron chi connectivity index (χ1n) is 10.0. The summed E-state index contributed by atoms with van der Waals surface area (Å²) in [4.78, 5) is 0. The van der Waals surface area contributed by atoms with Crippen LogP contribution in [0.2, 0.25) is 0 Å². The lowest BCUT2D eigenvalue weighted by molar-refractivity contribution is 0.00149. The van der Waals surface area contributed by atoms with Gasteiger partial charge in [-0.3, -0.25) is 0 Å². The molecule has 25 heavy (non-hydrogen) atoms. The zero-order chi connectivity index (χ0) is 18.4. The quantitative estimate of drug-likeness (QED) is 0.678. The standard InChI is InChI=1S/C22H29F.CH5N/c1-5-16-8-9-19(23)17-13-18-14(2)10-12-21(4)15(3)7-6-11-22(18,21)20(16)17;1-2/h8-10,12,14-15,18H,5-7,11,13H2,1-4H3;2H2,1H3/t14?,15-,18-,21-,22+;/m0./s1.